The topological polar surface area (TPSA) is 79.5 Å². The zero-order valence-corrected chi connectivity index (χ0v) is 13.7. The van der Waals surface area contributed by atoms with E-state index in [1.165, 1.54) is 0 Å². The van der Waals surface area contributed by atoms with Gasteiger partial charge >= 0.3 is 0 Å². The quantitative estimate of drug-likeness (QED) is 0.548. The summed E-state index contributed by atoms with van der Waals surface area (Å²) in [5.41, 5.74) is 4.71. The molecule has 0 atom stereocenters. The highest BCUT2D eigenvalue weighted by atomic mass is 32.1. The van der Waals surface area contributed by atoms with Gasteiger partial charge in [0, 0.05) is 0 Å². The number of benzene rings is 2. The van der Waals surface area contributed by atoms with E-state index in [0.717, 1.165) is 20.9 Å². The third-order valence-electron chi connectivity index (χ3n) is 3.15. The summed E-state index contributed by atoms with van der Waals surface area (Å²) in [5.74, 6) is 1.07. The predicted octanol–water partition coefficient (Wildman–Crippen LogP) is 3.65. The molecule has 1 heterocycles. The molecule has 0 unspecified atom stereocenters. The number of anilines is 1. The second-order valence-electron chi connectivity index (χ2n) is 4.71. The van der Waals surface area contributed by atoms with E-state index in [2.05, 4.69) is 15.5 Å². The molecule has 0 saturated heterocycles. The highest BCUT2D eigenvalue weighted by molar-refractivity contribution is 7.22. The van der Waals surface area contributed by atoms with Crippen LogP contribution in [0.3, 0.4) is 0 Å². The molecular weight excluding hydrogens is 324 g/mol. The lowest BCUT2D eigenvalue weighted by atomic mass is 10.2. The number of ether oxygens (including phenoxy) is 2. The van der Waals surface area contributed by atoms with E-state index in [-0.39, 0.29) is 6.61 Å². The van der Waals surface area contributed by atoms with Gasteiger partial charge in [0.1, 0.15) is 6.07 Å². The normalized spacial score (nSPS) is 10.7. The van der Waals surface area contributed by atoms with E-state index in [0.29, 0.717) is 11.5 Å². The number of nitrogens with one attached hydrogen (secondary N) is 1. The molecule has 24 heavy (non-hydrogen) atoms. The third kappa shape index (κ3) is 3.62. The third-order valence-corrected chi connectivity index (χ3v) is 4.09. The number of fused-ring (bicyclic) bond motifs is 1. The molecule has 0 radical (unpaired) electrons. The van der Waals surface area contributed by atoms with Crippen molar-refractivity contribution in [1.29, 1.82) is 5.26 Å². The number of para-hydroxylation sites is 1. The molecule has 6 nitrogen and oxygen atoms in total. The van der Waals surface area contributed by atoms with Crippen LogP contribution < -0.4 is 14.9 Å². The van der Waals surface area contributed by atoms with E-state index in [4.69, 9.17) is 14.7 Å². The number of nitriles is 1. The summed E-state index contributed by atoms with van der Waals surface area (Å²) < 4.78 is 11.7. The fourth-order valence-corrected chi connectivity index (χ4v) is 2.89. The summed E-state index contributed by atoms with van der Waals surface area (Å²) in [4.78, 5) is 4.44. The number of rotatable bonds is 6. The van der Waals surface area contributed by atoms with E-state index >= 15 is 0 Å². The van der Waals surface area contributed by atoms with Crippen molar-refractivity contribution in [2.75, 3.05) is 19.1 Å². The Labute approximate surface area is 143 Å². The minimum absolute atomic E-state index is 0.0248. The molecular formula is C17H14N4O2S. The first-order valence-electron chi connectivity index (χ1n) is 7.12. The zero-order valence-electron chi connectivity index (χ0n) is 12.9. The van der Waals surface area contributed by atoms with Gasteiger partial charge in [-0.3, -0.25) is 5.43 Å². The van der Waals surface area contributed by atoms with Crippen LogP contribution in [0.15, 0.2) is 47.6 Å². The van der Waals surface area contributed by atoms with Gasteiger partial charge in [-0.15, -0.1) is 0 Å². The van der Waals surface area contributed by atoms with Crippen LogP contribution in [0.2, 0.25) is 0 Å². The standard InChI is InChI=1S/C17H14N4O2S/c1-22-15-10-12(6-7-14(15)23-9-8-18)11-19-21-17-20-13-4-2-3-5-16(13)24-17/h2-7,10-11H,9H2,1H3,(H,20,21). The molecule has 0 saturated carbocycles. The highest BCUT2D eigenvalue weighted by Gasteiger charge is 2.05. The largest absolute Gasteiger partial charge is 0.493 e. The first-order chi connectivity index (χ1) is 11.8. The van der Waals surface area contributed by atoms with Crippen LogP contribution in [0.5, 0.6) is 11.5 Å². The molecule has 0 aliphatic heterocycles. The maximum absolute atomic E-state index is 8.57. The van der Waals surface area contributed by atoms with Crippen molar-refractivity contribution in [1.82, 2.24) is 4.98 Å². The number of hydrogen-bond donors (Lipinski definition) is 1. The van der Waals surface area contributed by atoms with Crippen LogP contribution in [0.1, 0.15) is 5.56 Å². The lowest BCUT2D eigenvalue weighted by Crippen LogP contribution is -1.97. The van der Waals surface area contributed by atoms with E-state index in [1.54, 1.807) is 36.8 Å². The highest BCUT2D eigenvalue weighted by Crippen LogP contribution is 2.28. The van der Waals surface area contributed by atoms with Gasteiger partial charge in [-0.1, -0.05) is 23.5 Å². The number of hydrazone groups is 1. The van der Waals surface area contributed by atoms with E-state index in [9.17, 15) is 0 Å². The second-order valence-corrected chi connectivity index (χ2v) is 5.74. The summed E-state index contributed by atoms with van der Waals surface area (Å²) in [6.07, 6.45) is 1.67. The Hall–Kier alpha value is -3.11. The SMILES string of the molecule is COc1cc(C=NNc2nc3ccccc3s2)ccc1OCC#N. The Kier molecular flexibility index (Phi) is 4.89. The molecule has 0 aliphatic rings. The van der Waals surface area contributed by atoms with Crippen LogP contribution in [-0.4, -0.2) is 24.9 Å². The summed E-state index contributed by atoms with van der Waals surface area (Å²) in [5, 5.41) is 13.5. The number of thiazole rings is 1. The molecule has 120 valence electrons. The molecule has 3 rings (SSSR count). The number of aromatic nitrogens is 1. The molecule has 0 bridgehead atoms. The predicted molar refractivity (Wildman–Crippen MR) is 94.9 cm³/mol. The van der Waals surface area contributed by atoms with Gasteiger partial charge < -0.3 is 9.47 Å². The number of hydrogen-bond acceptors (Lipinski definition) is 7. The maximum Gasteiger partial charge on any atom is 0.204 e. The molecule has 0 amide bonds. The molecule has 7 heteroatoms. The van der Waals surface area contributed by atoms with Crippen LogP contribution in [0.4, 0.5) is 5.13 Å². The average Bonchev–Trinajstić information content (AvgIpc) is 3.03. The molecule has 1 N–H and O–H groups in total. The molecule has 1 aromatic heterocycles. The fraction of sp³-hybridized carbons (Fsp3) is 0.118. The minimum Gasteiger partial charge on any atom is -0.493 e. The summed E-state index contributed by atoms with van der Waals surface area (Å²) in [7, 11) is 1.55. The fourth-order valence-electron chi connectivity index (χ4n) is 2.08. The van der Waals surface area contributed by atoms with Gasteiger partial charge in [0.25, 0.3) is 0 Å². The monoisotopic (exact) mass is 338 g/mol. The number of methoxy groups -OCH3 is 1. The molecule has 0 aliphatic carbocycles. The van der Waals surface area contributed by atoms with Gasteiger partial charge in [-0.05, 0) is 35.9 Å². The van der Waals surface area contributed by atoms with Crippen molar-refractivity contribution in [3.8, 4) is 17.6 Å². The summed E-state index contributed by atoms with van der Waals surface area (Å²) in [6, 6.07) is 15.2. The van der Waals surface area contributed by atoms with Crippen molar-refractivity contribution in [3.63, 3.8) is 0 Å². The Morgan fingerprint density at radius 2 is 2.17 bits per heavy atom. The average molecular weight is 338 g/mol. The molecule has 3 aromatic rings. The Morgan fingerprint density at radius 3 is 2.96 bits per heavy atom. The summed E-state index contributed by atoms with van der Waals surface area (Å²) >= 11 is 1.54. The van der Waals surface area contributed by atoms with Crippen molar-refractivity contribution >= 4 is 32.9 Å². The van der Waals surface area contributed by atoms with Crippen molar-refractivity contribution in [2.24, 2.45) is 5.10 Å². The van der Waals surface area contributed by atoms with Crippen LogP contribution in [0.25, 0.3) is 10.2 Å². The Morgan fingerprint density at radius 1 is 1.29 bits per heavy atom. The minimum atomic E-state index is -0.0248. The van der Waals surface area contributed by atoms with E-state index in [1.807, 2.05) is 36.4 Å². The smallest absolute Gasteiger partial charge is 0.204 e. The molecule has 2 aromatic carbocycles. The summed E-state index contributed by atoms with van der Waals surface area (Å²) in [6.45, 7) is -0.0248. The van der Waals surface area contributed by atoms with Gasteiger partial charge in [0.15, 0.2) is 18.1 Å². The first-order valence-corrected chi connectivity index (χ1v) is 7.94. The van der Waals surface area contributed by atoms with Gasteiger partial charge in [-0.25, -0.2) is 4.98 Å². The maximum atomic E-state index is 8.57. The second kappa shape index (κ2) is 7.44. The van der Waals surface area contributed by atoms with Gasteiger partial charge in [0.05, 0.1) is 23.5 Å². The van der Waals surface area contributed by atoms with Crippen molar-refractivity contribution < 1.29 is 9.47 Å². The zero-order chi connectivity index (χ0) is 16.8. The van der Waals surface area contributed by atoms with Crippen LogP contribution in [0, 0.1) is 11.3 Å². The Bertz CT molecular complexity index is 881. The molecule has 0 spiro atoms. The molecule has 0 fully saturated rings. The van der Waals surface area contributed by atoms with Crippen LogP contribution in [-0.2, 0) is 0 Å². The van der Waals surface area contributed by atoms with Crippen LogP contribution >= 0.6 is 11.3 Å². The van der Waals surface area contributed by atoms with Crippen molar-refractivity contribution in [2.45, 2.75) is 0 Å². The van der Waals surface area contributed by atoms with Gasteiger partial charge in [0.2, 0.25) is 5.13 Å². The lowest BCUT2D eigenvalue weighted by Gasteiger charge is -2.08. The number of nitrogens with zero attached hydrogens (tertiary/aromatic N) is 3. The van der Waals surface area contributed by atoms with Gasteiger partial charge in [-0.2, -0.15) is 10.4 Å². The first kappa shape index (κ1) is 15.8. The van der Waals surface area contributed by atoms with Crippen molar-refractivity contribution in [3.05, 3.63) is 48.0 Å². The Balaban J connectivity index is 1.70. The lowest BCUT2D eigenvalue weighted by molar-refractivity contribution is 0.329. The van der Waals surface area contributed by atoms with E-state index < -0.39 is 0 Å².